The number of carbonyl (C=O) groups excluding carboxylic acids is 1. The second-order valence-electron chi connectivity index (χ2n) is 5.97. The minimum atomic E-state index is -0.179. The number of ether oxygens (including phenoxy) is 1. The highest BCUT2D eigenvalue weighted by Crippen LogP contribution is 2.22. The standard InChI is InChI=1S/C20H20N2O3/c1-13-5-4-6-15-11-16(20(24)21-19(13)15)12-22(14(2)23)17-7-9-18(25-3)10-8-17/h4-11H,12H2,1-3H3,(H,21,24). The van der Waals surface area contributed by atoms with Crippen LogP contribution < -0.4 is 15.2 Å². The van der Waals surface area contributed by atoms with Crippen molar-refractivity contribution in [1.82, 2.24) is 4.98 Å². The monoisotopic (exact) mass is 336 g/mol. The number of nitrogens with one attached hydrogen (secondary N) is 1. The van der Waals surface area contributed by atoms with Crippen molar-refractivity contribution in [2.24, 2.45) is 0 Å². The van der Waals surface area contributed by atoms with E-state index >= 15 is 0 Å². The van der Waals surface area contributed by atoms with Gasteiger partial charge in [0.15, 0.2) is 0 Å². The largest absolute Gasteiger partial charge is 0.497 e. The van der Waals surface area contributed by atoms with E-state index in [2.05, 4.69) is 4.98 Å². The van der Waals surface area contributed by atoms with Crippen LogP contribution in [0.2, 0.25) is 0 Å². The number of H-pyrrole nitrogens is 1. The second-order valence-corrected chi connectivity index (χ2v) is 5.97. The van der Waals surface area contributed by atoms with Crippen molar-refractivity contribution in [2.45, 2.75) is 20.4 Å². The lowest BCUT2D eigenvalue weighted by Gasteiger charge is -2.21. The molecule has 0 aliphatic rings. The molecular formula is C20H20N2O3. The van der Waals surface area contributed by atoms with Gasteiger partial charge in [0.2, 0.25) is 5.91 Å². The Morgan fingerprint density at radius 3 is 2.52 bits per heavy atom. The molecule has 128 valence electrons. The summed E-state index contributed by atoms with van der Waals surface area (Å²) in [5.74, 6) is 0.584. The van der Waals surface area contributed by atoms with Crippen molar-refractivity contribution in [2.75, 3.05) is 12.0 Å². The Morgan fingerprint density at radius 2 is 1.88 bits per heavy atom. The van der Waals surface area contributed by atoms with E-state index in [0.29, 0.717) is 11.3 Å². The molecule has 3 aromatic rings. The summed E-state index contributed by atoms with van der Waals surface area (Å²) >= 11 is 0. The normalized spacial score (nSPS) is 10.7. The lowest BCUT2D eigenvalue weighted by atomic mass is 10.1. The summed E-state index contributed by atoms with van der Waals surface area (Å²) < 4.78 is 5.15. The van der Waals surface area contributed by atoms with Crippen molar-refractivity contribution >= 4 is 22.5 Å². The Kier molecular flexibility index (Phi) is 4.57. The fourth-order valence-corrected chi connectivity index (χ4v) is 2.86. The first kappa shape index (κ1) is 16.8. The van der Waals surface area contributed by atoms with Crippen molar-refractivity contribution < 1.29 is 9.53 Å². The third kappa shape index (κ3) is 3.40. The predicted molar refractivity (Wildman–Crippen MR) is 99.2 cm³/mol. The van der Waals surface area contributed by atoms with Gasteiger partial charge in [-0.2, -0.15) is 0 Å². The molecule has 0 aliphatic carbocycles. The van der Waals surface area contributed by atoms with Crippen LogP contribution in [0.25, 0.3) is 10.9 Å². The van der Waals surface area contributed by atoms with Gasteiger partial charge >= 0.3 is 0 Å². The fourth-order valence-electron chi connectivity index (χ4n) is 2.86. The molecule has 0 saturated heterocycles. The SMILES string of the molecule is COc1ccc(N(Cc2cc3cccc(C)c3[nH]c2=O)C(C)=O)cc1. The van der Waals surface area contributed by atoms with Crippen LogP contribution >= 0.6 is 0 Å². The molecule has 0 spiro atoms. The first-order valence-corrected chi connectivity index (χ1v) is 8.03. The summed E-state index contributed by atoms with van der Waals surface area (Å²) in [7, 11) is 1.59. The Balaban J connectivity index is 2.00. The van der Waals surface area contributed by atoms with Gasteiger partial charge in [0.1, 0.15) is 5.75 Å². The van der Waals surface area contributed by atoms with Crippen LogP contribution in [0, 0.1) is 6.92 Å². The number of fused-ring (bicyclic) bond motifs is 1. The number of hydrogen-bond donors (Lipinski definition) is 1. The summed E-state index contributed by atoms with van der Waals surface area (Å²) in [6.07, 6.45) is 0. The number of aromatic amines is 1. The van der Waals surface area contributed by atoms with Gasteiger partial charge in [0.25, 0.3) is 5.56 Å². The molecule has 3 rings (SSSR count). The van der Waals surface area contributed by atoms with Gasteiger partial charge in [-0.25, -0.2) is 0 Å². The number of carbonyl (C=O) groups is 1. The van der Waals surface area contributed by atoms with Crippen molar-refractivity contribution in [1.29, 1.82) is 0 Å². The third-order valence-corrected chi connectivity index (χ3v) is 4.26. The molecule has 0 aliphatic heterocycles. The molecule has 5 nitrogen and oxygen atoms in total. The average molecular weight is 336 g/mol. The number of para-hydroxylation sites is 1. The van der Waals surface area contributed by atoms with Crippen molar-refractivity contribution in [3.05, 3.63) is 70.0 Å². The van der Waals surface area contributed by atoms with Crippen LogP contribution in [0.15, 0.2) is 53.3 Å². The van der Waals surface area contributed by atoms with E-state index < -0.39 is 0 Å². The van der Waals surface area contributed by atoms with Crippen LogP contribution in [0.3, 0.4) is 0 Å². The summed E-state index contributed by atoms with van der Waals surface area (Å²) in [4.78, 5) is 29.1. The molecule has 1 N–H and O–H groups in total. The highest BCUT2D eigenvalue weighted by Gasteiger charge is 2.15. The lowest BCUT2D eigenvalue weighted by Crippen LogP contribution is -2.30. The van der Waals surface area contributed by atoms with E-state index in [1.165, 1.54) is 6.92 Å². The highest BCUT2D eigenvalue weighted by molar-refractivity contribution is 5.91. The quantitative estimate of drug-likeness (QED) is 0.794. The Hall–Kier alpha value is -3.08. The van der Waals surface area contributed by atoms with Crippen LogP contribution in [-0.2, 0) is 11.3 Å². The second kappa shape index (κ2) is 6.81. The summed E-state index contributed by atoms with van der Waals surface area (Å²) in [5.41, 5.74) is 2.93. The van der Waals surface area contributed by atoms with Crippen molar-refractivity contribution in [3.63, 3.8) is 0 Å². The predicted octanol–water partition coefficient (Wildman–Crippen LogP) is 3.40. The summed E-state index contributed by atoms with van der Waals surface area (Å²) in [6, 6.07) is 14.9. The Bertz CT molecular complexity index is 974. The zero-order chi connectivity index (χ0) is 18.0. The number of nitrogens with zero attached hydrogens (tertiary/aromatic N) is 1. The van der Waals surface area contributed by atoms with Gasteiger partial charge in [-0.15, -0.1) is 0 Å². The molecule has 0 atom stereocenters. The smallest absolute Gasteiger partial charge is 0.253 e. The van der Waals surface area contributed by atoms with Gasteiger partial charge in [0.05, 0.1) is 19.2 Å². The molecule has 1 amide bonds. The van der Waals surface area contributed by atoms with Crippen LogP contribution in [0.1, 0.15) is 18.1 Å². The number of hydrogen-bond acceptors (Lipinski definition) is 3. The van der Waals surface area contributed by atoms with E-state index in [1.807, 2.05) is 31.2 Å². The minimum Gasteiger partial charge on any atom is -0.497 e. The first-order valence-electron chi connectivity index (χ1n) is 8.03. The summed E-state index contributed by atoms with van der Waals surface area (Å²) in [5, 5.41) is 0.952. The van der Waals surface area contributed by atoms with Gasteiger partial charge in [-0.3, -0.25) is 9.59 Å². The van der Waals surface area contributed by atoms with Crippen LogP contribution in [-0.4, -0.2) is 18.0 Å². The molecule has 1 heterocycles. The molecule has 1 aromatic heterocycles. The minimum absolute atomic E-state index is 0.131. The maximum Gasteiger partial charge on any atom is 0.253 e. The number of benzene rings is 2. The molecule has 2 aromatic carbocycles. The molecule has 0 unspecified atom stereocenters. The molecule has 5 heteroatoms. The maximum atomic E-state index is 12.5. The van der Waals surface area contributed by atoms with E-state index in [4.69, 9.17) is 4.74 Å². The molecule has 0 bridgehead atoms. The number of aromatic nitrogens is 1. The van der Waals surface area contributed by atoms with Gasteiger partial charge < -0.3 is 14.6 Å². The van der Waals surface area contributed by atoms with E-state index in [0.717, 1.165) is 22.2 Å². The number of pyridine rings is 1. The molecular weight excluding hydrogens is 316 g/mol. The van der Waals surface area contributed by atoms with Gasteiger partial charge in [-0.1, -0.05) is 18.2 Å². The lowest BCUT2D eigenvalue weighted by molar-refractivity contribution is -0.116. The third-order valence-electron chi connectivity index (χ3n) is 4.26. The number of methoxy groups -OCH3 is 1. The first-order chi connectivity index (χ1) is 12.0. The average Bonchev–Trinajstić information content (AvgIpc) is 2.60. The van der Waals surface area contributed by atoms with E-state index in [9.17, 15) is 9.59 Å². The molecule has 25 heavy (non-hydrogen) atoms. The van der Waals surface area contributed by atoms with Crippen molar-refractivity contribution in [3.8, 4) is 5.75 Å². The number of anilines is 1. The van der Waals surface area contributed by atoms with Crippen LogP contribution in [0.4, 0.5) is 5.69 Å². The molecule has 0 radical (unpaired) electrons. The number of amides is 1. The topological polar surface area (TPSA) is 62.4 Å². The van der Waals surface area contributed by atoms with E-state index in [1.54, 1.807) is 36.3 Å². The number of aryl methyl sites for hydroxylation is 1. The Labute approximate surface area is 145 Å². The zero-order valence-electron chi connectivity index (χ0n) is 14.5. The number of rotatable bonds is 4. The maximum absolute atomic E-state index is 12.5. The van der Waals surface area contributed by atoms with Gasteiger partial charge in [0, 0.05) is 18.2 Å². The summed E-state index contributed by atoms with van der Waals surface area (Å²) in [6.45, 7) is 3.65. The Morgan fingerprint density at radius 1 is 1.16 bits per heavy atom. The zero-order valence-corrected chi connectivity index (χ0v) is 14.5. The van der Waals surface area contributed by atoms with Gasteiger partial charge in [-0.05, 0) is 48.2 Å². The molecule has 0 fully saturated rings. The van der Waals surface area contributed by atoms with E-state index in [-0.39, 0.29) is 18.0 Å². The fraction of sp³-hybridized carbons (Fsp3) is 0.200. The molecule has 0 saturated carbocycles. The highest BCUT2D eigenvalue weighted by atomic mass is 16.5. The van der Waals surface area contributed by atoms with Crippen LogP contribution in [0.5, 0.6) is 5.75 Å².